The van der Waals surface area contributed by atoms with E-state index in [2.05, 4.69) is 31.1 Å². The fourth-order valence-electron chi connectivity index (χ4n) is 4.17. The van der Waals surface area contributed by atoms with E-state index >= 15 is 0 Å². The molecule has 0 spiro atoms. The number of piperidine rings is 1. The molecule has 3 rings (SSSR count). The lowest BCUT2D eigenvalue weighted by molar-refractivity contribution is -0.0883. The van der Waals surface area contributed by atoms with Crippen molar-refractivity contribution < 1.29 is 9.53 Å². The maximum absolute atomic E-state index is 12.6. The van der Waals surface area contributed by atoms with Gasteiger partial charge in [0.05, 0.1) is 18.8 Å². The van der Waals surface area contributed by atoms with E-state index in [0.29, 0.717) is 24.1 Å². The number of carbonyl (C=O) groups excluding carboxylic acids is 1. The van der Waals surface area contributed by atoms with Crippen molar-refractivity contribution in [2.24, 2.45) is 11.8 Å². The van der Waals surface area contributed by atoms with Gasteiger partial charge >= 0.3 is 6.03 Å². The van der Waals surface area contributed by atoms with Crippen molar-refractivity contribution in [2.75, 3.05) is 33.3 Å². The summed E-state index contributed by atoms with van der Waals surface area (Å²) in [5.74, 6) is 1.50. The minimum atomic E-state index is 0.129. The third-order valence-corrected chi connectivity index (χ3v) is 6.08. The van der Waals surface area contributed by atoms with Crippen LogP contribution >= 0.6 is 0 Å². The molecule has 3 aliphatic rings. The van der Waals surface area contributed by atoms with Crippen LogP contribution in [0.15, 0.2) is 0 Å². The Morgan fingerprint density at radius 2 is 1.95 bits per heavy atom. The van der Waals surface area contributed by atoms with Crippen molar-refractivity contribution >= 4 is 6.03 Å². The normalized spacial score (nSPS) is 40.1. The van der Waals surface area contributed by atoms with Gasteiger partial charge in [-0.05, 0) is 44.6 Å². The Morgan fingerprint density at radius 3 is 2.73 bits per heavy atom. The van der Waals surface area contributed by atoms with Crippen molar-refractivity contribution in [1.82, 2.24) is 15.1 Å². The van der Waals surface area contributed by atoms with E-state index in [9.17, 15) is 4.79 Å². The quantitative estimate of drug-likeness (QED) is 0.805. The monoisotopic (exact) mass is 309 g/mol. The summed E-state index contributed by atoms with van der Waals surface area (Å²) in [4.78, 5) is 16.9. The Labute approximate surface area is 134 Å². The van der Waals surface area contributed by atoms with Crippen LogP contribution in [0, 0.1) is 11.8 Å². The molecule has 5 nitrogen and oxygen atoms in total. The number of rotatable bonds is 1. The summed E-state index contributed by atoms with van der Waals surface area (Å²) in [5, 5.41) is 3.28. The Hall–Kier alpha value is -0.810. The first kappa shape index (κ1) is 16.1. The fourth-order valence-corrected chi connectivity index (χ4v) is 4.17. The molecule has 126 valence electrons. The predicted molar refractivity (Wildman–Crippen MR) is 86.8 cm³/mol. The van der Waals surface area contributed by atoms with Crippen molar-refractivity contribution in [2.45, 2.75) is 57.7 Å². The standard InChI is InChI=1S/C17H31N3O2/c1-12-4-5-14(10-13(12)2)18-17(21)20-7-6-16-15(11-20)19(3)8-9-22-16/h12-16H,4-11H2,1-3H3,(H,18,21)/t12-,13-,14+,15+,16+/m1/s1. The summed E-state index contributed by atoms with van der Waals surface area (Å²) >= 11 is 0. The number of nitrogens with one attached hydrogen (secondary N) is 1. The molecule has 0 aromatic rings. The Bertz CT molecular complexity index is 403. The highest BCUT2D eigenvalue weighted by Crippen LogP contribution is 2.29. The van der Waals surface area contributed by atoms with E-state index in [0.717, 1.165) is 51.4 Å². The number of nitrogens with zero attached hydrogens (tertiary/aromatic N) is 2. The molecule has 2 saturated heterocycles. The lowest BCUT2D eigenvalue weighted by Gasteiger charge is -2.46. The summed E-state index contributed by atoms with van der Waals surface area (Å²) in [6, 6.07) is 0.847. The van der Waals surface area contributed by atoms with Crippen LogP contribution in [-0.4, -0.2) is 67.3 Å². The number of likely N-dealkylation sites (N-methyl/N-ethyl adjacent to an activating group) is 1. The Kier molecular flexibility index (Phi) is 4.93. The molecule has 2 heterocycles. The number of urea groups is 1. The topological polar surface area (TPSA) is 44.8 Å². The van der Waals surface area contributed by atoms with Gasteiger partial charge in [0.1, 0.15) is 0 Å². The third kappa shape index (κ3) is 3.40. The molecule has 1 saturated carbocycles. The predicted octanol–water partition coefficient (Wildman–Crippen LogP) is 1.93. The van der Waals surface area contributed by atoms with E-state index < -0.39 is 0 Å². The highest BCUT2D eigenvalue weighted by molar-refractivity contribution is 5.74. The van der Waals surface area contributed by atoms with Gasteiger partial charge < -0.3 is 15.0 Å². The van der Waals surface area contributed by atoms with Gasteiger partial charge in [0, 0.05) is 25.7 Å². The van der Waals surface area contributed by atoms with E-state index in [1.807, 2.05) is 4.90 Å². The number of amides is 2. The number of morpholine rings is 1. The molecule has 0 unspecified atom stereocenters. The van der Waals surface area contributed by atoms with Crippen LogP contribution in [0.25, 0.3) is 0 Å². The van der Waals surface area contributed by atoms with Gasteiger partial charge in [0.25, 0.3) is 0 Å². The first-order valence-electron chi connectivity index (χ1n) is 8.92. The van der Waals surface area contributed by atoms with Crippen LogP contribution in [0.2, 0.25) is 0 Å². The molecule has 3 fully saturated rings. The molecule has 0 aromatic heterocycles. The average Bonchev–Trinajstić information content (AvgIpc) is 2.51. The van der Waals surface area contributed by atoms with Crippen LogP contribution in [0.1, 0.15) is 39.5 Å². The number of hydrogen-bond donors (Lipinski definition) is 1. The van der Waals surface area contributed by atoms with Crippen LogP contribution in [0.5, 0.6) is 0 Å². The SMILES string of the molecule is C[C@@H]1CC[C@H](NC(=O)N2CC[C@@H]3OCCN(C)[C@H]3C2)C[C@H]1C. The molecule has 5 atom stereocenters. The molecule has 0 bridgehead atoms. The van der Waals surface area contributed by atoms with E-state index in [4.69, 9.17) is 4.74 Å². The molecule has 5 heteroatoms. The highest BCUT2D eigenvalue weighted by Gasteiger charge is 2.37. The lowest BCUT2D eigenvalue weighted by Crippen LogP contribution is -2.61. The number of carbonyl (C=O) groups is 1. The van der Waals surface area contributed by atoms with Gasteiger partial charge in [-0.25, -0.2) is 4.79 Å². The molecule has 2 aliphatic heterocycles. The number of hydrogen-bond acceptors (Lipinski definition) is 3. The summed E-state index contributed by atoms with van der Waals surface area (Å²) in [6.45, 7) is 8.04. The van der Waals surface area contributed by atoms with E-state index in [1.165, 1.54) is 6.42 Å². The minimum Gasteiger partial charge on any atom is -0.375 e. The molecule has 0 aromatic carbocycles. The second kappa shape index (κ2) is 6.75. The lowest BCUT2D eigenvalue weighted by atomic mass is 9.79. The minimum absolute atomic E-state index is 0.129. The molecule has 1 aliphatic carbocycles. The second-order valence-corrected chi connectivity index (χ2v) is 7.61. The summed E-state index contributed by atoms with van der Waals surface area (Å²) < 4.78 is 5.86. The summed E-state index contributed by atoms with van der Waals surface area (Å²) in [5.41, 5.74) is 0. The maximum atomic E-state index is 12.6. The first-order valence-corrected chi connectivity index (χ1v) is 8.92. The smallest absolute Gasteiger partial charge is 0.317 e. The molecule has 2 amide bonds. The van der Waals surface area contributed by atoms with E-state index in [1.54, 1.807) is 0 Å². The Balaban J connectivity index is 1.52. The third-order valence-electron chi connectivity index (χ3n) is 6.08. The van der Waals surface area contributed by atoms with Crippen LogP contribution in [0.3, 0.4) is 0 Å². The number of fused-ring (bicyclic) bond motifs is 1. The van der Waals surface area contributed by atoms with Gasteiger partial charge in [0.2, 0.25) is 0 Å². The molecule has 1 N–H and O–H groups in total. The molecular weight excluding hydrogens is 278 g/mol. The van der Waals surface area contributed by atoms with Gasteiger partial charge in [-0.15, -0.1) is 0 Å². The Morgan fingerprint density at radius 1 is 1.14 bits per heavy atom. The van der Waals surface area contributed by atoms with Crippen LogP contribution in [0.4, 0.5) is 4.79 Å². The van der Waals surface area contributed by atoms with Gasteiger partial charge in [-0.1, -0.05) is 13.8 Å². The van der Waals surface area contributed by atoms with Crippen molar-refractivity contribution in [1.29, 1.82) is 0 Å². The van der Waals surface area contributed by atoms with Crippen LogP contribution in [-0.2, 0) is 4.74 Å². The van der Waals surface area contributed by atoms with Gasteiger partial charge in [0.15, 0.2) is 0 Å². The molecule has 22 heavy (non-hydrogen) atoms. The first-order chi connectivity index (χ1) is 10.5. The second-order valence-electron chi connectivity index (χ2n) is 7.61. The van der Waals surface area contributed by atoms with Crippen molar-refractivity contribution in [3.8, 4) is 0 Å². The summed E-state index contributed by atoms with van der Waals surface area (Å²) in [7, 11) is 2.14. The number of ether oxygens (including phenoxy) is 1. The average molecular weight is 309 g/mol. The fraction of sp³-hybridized carbons (Fsp3) is 0.941. The largest absolute Gasteiger partial charge is 0.375 e. The van der Waals surface area contributed by atoms with E-state index in [-0.39, 0.29) is 6.03 Å². The van der Waals surface area contributed by atoms with Gasteiger partial charge in [-0.2, -0.15) is 0 Å². The van der Waals surface area contributed by atoms with Crippen molar-refractivity contribution in [3.63, 3.8) is 0 Å². The van der Waals surface area contributed by atoms with Crippen LogP contribution < -0.4 is 5.32 Å². The number of likely N-dealkylation sites (tertiary alicyclic amines) is 1. The van der Waals surface area contributed by atoms with Crippen molar-refractivity contribution in [3.05, 3.63) is 0 Å². The zero-order valence-corrected chi connectivity index (χ0v) is 14.3. The van der Waals surface area contributed by atoms with Gasteiger partial charge in [-0.3, -0.25) is 4.90 Å². The maximum Gasteiger partial charge on any atom is 0.317 e. The zero-order chi connectivity index (χ0) is 15.7. The zero-order valence-electron chi connectivity index (χ0n) is 14.3. The molecular formula is C17H31N3O2. The molecule has 0 radical (unpaired) electrons. The highest BCUT2D eigenvalue weighted by atomic mass is 16.5. The summed E-state index contributed by atoms with van der Waals surface area (Å²) in [6.07, 6.45) is 4.74.